The number of nitrogens with one attached hydrogen (secondary N) is 1. The molecular formula is C7H14N2. The van der Waals surface area contributed by atoms with Crippen LogP contribution in [0.4, 0.5) is 0 Å². The van der Waals surface area contributed by atoms with Crippen LogP contribution in [0.2, 0.25) is 0 Å². The van der Waals surface area contributed by atoms with E-state index < -0.39 is 0 Å². The molecule has 1 heterocycles. The zero-order valence-corrected chi connectivity index (χ0v) is 6.02. The van der Waals surface area contributed by atoms with Crippen molar-refractivity contribution in [3.63, 3.8) is 0 Å². The predicted molar refractivity (Wildman–Crippen MR) is 38.9 cm³/mol. The molecule has 0 aliphatic carbocycles. The number of hydrogen-bond donors (Lipinski definition) is 2. The first kappa shape index (κ1) is 6.62. The number of nitrogens with two attached hydrogens (primary N) is 1. The molecule has 0 saturated heterocycles. The third kappa shape index (κ3) is 1.72. The summed E-state index contributed by atoms with van der Waals surface area (Å²) in [5.41, 5.74) is 6.91. The molecule has 0 amide bonds. The van der Waals surface area contributed by atoms with Crippen LogP contribution in [-0.2, 0) is 0 Å². The number of allylic oxidation sites excluding steroid dienone is 1. The van der Waals surface area contributed by atoms with Crippen LogP contribution in [0.25, 0.3) is 0 Å². The van der Waals surface area contributed by atoms with Crippen LogP contribution in [0.15, 0.2) is 11.8 Å². The van der Waals surface area contributed by atoms with Crippen molar-refractivity contribution in [3.05, 3.63) is 11.8 Å². The Labute approximate surface area is 56.1 Å². The highest BCUT2D eigenvalue weighted by Crippen LogP contribution is 2.06. The molecule has 1 rings (SSSR count). The van der Waals surface area contributed by atoms with E-state index >= 15 is 0 Å². The van der Waals surface area contributed by atoms with Crippen molar-refractivity contribution in [2.24, 2.45) is 5.73 Å². The van der Waals surface area contributed by atoms with Gasteiger partial charge in [0.05, 0.1) is 0 Å². The maximum absolute atomic E-state index is 5.70. The van der Waals surface area contributed by atoms with E-state index in [1.54, 1.807) is 0 Å². The number of rotatable bonds is 0. The molecule has 1 aliphatic heterocycles. The van der Waals surface area contributed by atoms with Gasteiger partial charge in [-0.3, -0.25) is 0 Å². The van der Waals surface area contributed by atoms with E-state index in [1.165, 1.54) is 5.70 Å². The lowest BCUT2D eigenvalue weighted by atomic mass is 10.0. The summed E-state index contributed by atoms with van der Waals surface area (Å²) >= 11 is 0. The van der Waals surface area contributed by atoms with Crippen molar-refractivity contribution >= 4 is 0 Å². The van der Waals surface area contributed by atoms with E-state index in [1.807, 2.05) is 0 Å². The highest BCUT2D eigenvalue weighted by molar-refractivity contribution is 5.07. The molecular weight excluding hydrogens is 112 g/mol. The third-order valence-corrected chi connectivity index (χ3v) is 1.56. The van der Waals surface area contributed by atoms with Gasteiger partial charge in [-0.2, -0.15) is 0 Å². The summed E-state index contributed by atoms with van der Waals surface area (Å²) < 4.78 is 0. The Balaban J connectivity index is 2.56. The van der Waals surface area contributed by atoms with Gasteiger partial charge in [0.25, 0.3) is 0 Å². The van der Waals surface area contributed by atoms with Gasteiger partial charge in [0.2, 0.25) is 0 Å². The molecule has 0 aromatic rings. The van der Waals surface area contributed by atoms with Gasteiger partial charge in [-0.15, -0.1) is 0 Å². The summed E-state index contributed by atoms with van der Waals surface area (Å²) in [7, 11) is 0. The summed E-state index contributed by atoms with van der Waals surface area (Å²) in [6.45, 7) is 4.20. The van der Waals surface area contributed by atoms with E-state index in [0.717, 1.165) is 6.42 Å². The second-order valence-electron chi connectivity index (χ2n) is 2.79. The second kappa shape index (κ2) is 2.40. The summed E-state index contributed by atoms with van der Waals surface area (Å²) in [6.07, 6.45) is 3.12. The van der Waals surface area contributed by atoms with E-state index in [2.05, 4.69) is 25.2 Å². The minimum absolute atomic E-state index is 0.265. The van der Waals surface area contributed by atoms with Crippen LogP contribution < -0.4 is 11.1 Å². The van der Waals surface area contributed by atoms with Gasteiger partial charge in [-0.25, -0.2) is 0 Å². The summed E-state index contributed by atoms with van der Waals surface area (Å²) in [4.78, 5) is 0. The molecule has 2 nitrogen and oxygen atoms in total. The Morgan fingerprint density at radius 3 is 2.89 bits per heavy atom. The lowest BCUT2D eigenvalue weighted by Gasteiger charge is -2.24. The largest absolute Gasteiger partial charge is 0.386 e. The highest BCUT2D eigenvalue weighted by Gasteiger charge is 2.11. The van der Waals surface area contributed by atoms with Crippen molar-refractivity contribution in [2.45, 2.75) is 32.4 Å². The maximum Gasteiger partial charge on any atom is 0.0262 e. The Hall–Kier alpha value is -0.500. The first-order valence-corrected chi connectivity index (χ1v) is 3.39. The van der Waals surface area contributed by atoms with Crippen LogP contribution in [0.5, 0.6) is 0 Å². The van der Waals surface area contributed by atoms with Gasteiger partial charge < -0.3 is 11.1 Å². The van der Waals surface area contributed by atoms with Crippen molar-refractivity contribution in [1.82, 2.24) is 5.32 Å². The minimum atomic E-state index is 0.265. The van der Waals surface area contributed by atoms with Crippen LogP contribution >= 0.6 is 0 Å². The predicted octanol–water partition coefficient (Wildman–Crippen LogP) is 0.599. The van der Waals surface area contributed by atoms with E-state index in [9.17, 15) is 0 Å². The van der Waals surface area contributed by atoms with Crippen molar-refractivity contribution < 1.29 is 0 Å². The molecule has 0 spiro atoms. The quantitative estimate of drug-likeness (QED) is 0.499. The normalized spacial score (nSPS) is 35.2. The second-order valence-corrected chi connectivity index (χ2v) is 2.79. The first-order chi connectivity index (χ1) is 4.18. The first-order valence-electron chi connectivity index (χ1n) is 3.39. The fourth-order valence-corrected chi connectivity index (χ4v) is 1.29. The zero-order chi connectivity index (χ0) is 6.85. The molecule has 2 heteroatoms. The summed E-state index contributed by atoms with van der Waals surface area (Å²) in [5.74, 6) is 0. The fraction of sp³-hybridized carbons (Fsp3) is 0.714. The Morgan fingerprint density at radius 2 is 2.44 bits per heavy atom. The van der Waals surface area contributed by atoms with E-state index in [4.69, 9.17) is 5.73 Å². The SMILES string of the molecule is CC1=CC(N)CC(C)N1. The smallest absolute Gasteiger partial charge is 0.0262 e. The van der Waals surface area contributed by atoms with Crippen molar-refractivity contribution in [3.8, 4) is 0 Å². The molecule has 0 radical (unpaired) electrons. The molecule has 0 bridgehead atoms. The molecule has 9 heavy (non-hydrogen) atoms. The highest BCUT2D eigenvalue weighted by atomic mass is 14.9. The van der Waals surface area contributed by atoms with E-state index in [0.29, 0.717) is 6.04 Å². The van der Waals surface area contributed by atoms with E-state index in [-0.39, 0.29) is 6.04 Å². The lowest BCUT2D eigenvalue weighted by Crippen LogP contribution is -2.37. The molecule has 0 saturated carbocycles. The van der Waals surface area contributed by atoms with Crippen molar-refractivity contribution in [2.75, 3.05) is 0 Å². The monoisotopic (exact) mass is 126 g/mol. The van der Waals surface area contributed by atoms with Crippen LogP contribution in [0.1, 0.15) is 20.3 Å². The maximum atomic E-state index is 5.70. The Bertz CT molecular complexity index is 129. The average Bonchev–Trinajstić information content (AvgIpc) is 1.59. The molecule has 2 unspecified atom stereocenters. The van der Waals surface area contributed by atoms with Crippen molar-refractivity contribution in [1.29, 1.82) is 0 Å². The van der Waals surface area contributed by atoms with Crippen LogP contribution in [0.3, 0.4) is 0 Å². The molecule has 2 atom stereocenters. The third-order valence-electron chi connectivity index (χ3n) is 1.56. The number of hydrogen-bond acceptors (Lipinski definition) is 2. The zero-order valence-electron chi connectivity index (χ0n) is 6.02. The van der Waals surface area contributed by atoms with Gasteiger partial charge in [-0.05, 0) is 26.3 Å². The summed E-state index contributed by atoms with van der Waals surface area (Å²) in [6, 6.07) is 0.811. The molecule has 0 fully saturated rings. The fourth-order valence-electron chi connectivity index (χ4n) is 1.29. The average molecular weight is 126 g/mol. The summed E-state index contributed by atoms with van der Waals surface area (Å²) in [5, 5.41) is 3.29. The molecule has 3 N–H and O–H groups in total. The molecule has 0 aromatic heterocycles. The molecule has 0 aromatic carbocycles. The van der Waals surface area contributed by atoms with Crippen LogP contribution in [0, 0.1) is 0 Å². The lowest BCUT2D eigenvalue weighted by molar-refractivity contribution is 0.504. The van der Waals surface area contributed by atoms with Gasteiger partial charge in [0.1, 0.15) is 0 Å². The van der Waals surface area contributed by atoms with Gasteiger partial charge in [0.15, 0.2) is 0 Å². The van der Waals surface area contributed by atoms with Gasteiger partial charge in [0, 0.05) is 17.8 Å². The van der Waals surface area contributed by atoms with Gasteiger partial charge >= 0.3 is 0 Å². The van der Waals surface area contributed by atoms with Crippen LogP contribution in [-0.4, -0.2) is 12.1 Å². The molecule has 52 valence electrons. The molecule has 1 aliphatic rings. The Kier molecular flexibility index (Phi) is 1.76. The topological polar surface area (TPSA) is 38.0 Å². The Morgan fingerprint density at radius 1 is 1.78 bits per heavy atom. The van der Waals surface area contributed by atoms with Gasteiger partial charge in [-0.1, -0.05) is 0 Å². The minimum Gasteiger partial charge on any atom is -0.386 e. The standard InChI is InChI=1S/C7H14N2/c1-5-3-7(8)4-6(2)9-5/h3,6-7,9H,4,8H2,1-2H3.